The largest absolute Gasteiger partial charge is 0.380 e. The Morgan fingerprint density at radius 1 is 1.37 bits per heavy atom. The molecule has 106 valence electrons. The molecule has 1 aromatic carbocycles. The molecule has 0 spiro atoms. The summed E-state index contributed by atoms with van der Waals surface area (Å²) in [6.07, 6.45) is 2.21. The van der Waals surface area contributed by atoms with Gasteiger partial charge in [-0.15, -0.1) is 0 Å². The van der Waals surface area contributed by atoms with Crippen LogP contribution in [0.4, 0.5) is 18.9 Å². The molecule has 1 aliphatic heterocycles. The Hall–Kier alpha value is -1.23. The minimum atomic E-state index is -1.17. The summed E-state index contributed by atoms with van der Waals surface area (Å²) in [7, 11) is 0. The molecule has 0 amide bonds. The number of rotatable bonds is 3. The molecule has 2 nitrogen and oxygen atoms in total. The second-order valence-corrected chi connectivity index (χ2v) is 5.24. The van der Waals surface area contributed by atoms with Crippen molar-refractivity contribution in [2.75, 3.05) is 11.9 Å². The molecule has 2 rings (SSSR count). The Balaban J connectivity index is 2.13. The maximum absolute atomic E-state index is 13.6. The molecule has 1 aliphatic rings. The van der Waals surface area contributed by atoms with Gasteiger partial charge in [0.25, 0.3) is 0 Å². The van der Waals surface area contributed by atoms with Crippen LogP contribution in [0.25, 0.3) is 0 Å². The molecule has 2 atom stereocenters. The highest BCUT2D eigenvalue weighted by molar-refractivity contribution is 5.46. The first-order chi connectivity index (χ1) is 8.93. The second-order valence-electron chi connectivity index (χ2n) is 5.24. The summed E-state index contributed by atoms with van der Waals surface area (Å²) >= 11 is 0. The zero-order valence-corrected chi connectivity index (χ0v) is 11.1. The highest BCUT2D eigenvalue weighted by Gasteiger charge is 2.32. The Kier molecular flexibility index (Phi) is 4.04. The molecule has 0 aliphatic carbocycles. The molecule has 1 fully saturated rings. The van der Waals surface area contributed by atoms with E-state index in [0.29, 0.717) is 25.5 Å². The van der Waals surface area contributed by atoms with Gasteiger partial charge in [-0.2, -0.15) is 0 Å². The lowest BCUT2D eigenvalue weighted by molar-refractivity contribution is -0.0709. The lowest BCUT2D eigenvalue weighted by Crippen LogP contribution is -2.42. The highest BCUT2D eigenvalue weighted by atomic mass is 19.2. The smallest absolute Gasteiger partial charge is 0.182 e. The standard InChI is InChI=1S/C14H18F3NO/c1-3-14(2)8-10(4-5-19-14)18-12-7-9(15)6-11(16)13(12)17/h6-7,10,18H,3-5,8H2,1-2H3. The van der Waals surface area contributed by atoms with Crippen LogP contribution in [0.3, 0.4) is 0 Å². The molecule has 1 N–H and O–H groups in total. The van der Waals surface area contributed by atoms with Gasteiger partial charge in [-0.25, -0.2) is 13.2 Å². The van der Waals surface area contributed by atoms with Crippen LogP contribution in [-0.2, 0) is 4.74 Å². The number of benzene rings is 1. The van der Waals surface area contributed by atoms with Crippen molar-refractivity contribution in [2.45, 2.75) is 44.8 Å². The van der Waals surface area contributed by atoms with Gasteiger partial charge in [0, 0.05) is 24.8 Å². The fraction of sp³-hybridized carbons (Fsp3) is 0.571. The lowest BCUT2D eigenvalue weighted by atomic mass is 9.90. The van der Waals surface area contributed by atoms with E-state index in [1.807, 2.05) is 13.8 Å². The van der Waals surface area contributed by atoms with Gasteiger partial charge in [0.05, 0.1) is 11.3 Å². The SMILES string of the molecule is CCC1(C)CC(Nc2cc(F)cc(F)c2F)CCO1. The molecule has 5 heteroatoms. The Morgan fingerprint density at radius 3 is 2.79 bits per heavy atom. The number of halogens is 3. The topological polar surface area (TPSA) is 21.3 Å². The zero-order chi connectivity index (χ0) is 14.0. The van der Waals surface area contributed by atoms with E-state index in [2.05, 4.69) is 5.32 Å². The van der Waals surface area contributed by atoms with Crippen LogP contribution in [0.5, 0.6) is 0 Å². The first kappa shape index (κ1) is 14.2. The van der Waals surface area contributed by atoms with Gasteiger partial charge in [0.15, 0.2) is 11.6 Å². The average Bonchev–Trinajstić information content (AvgIpc) is 2.35. The van der Waals surface area contributed by atoms with Crippen LogP contribution in [0, 0.1) is 17.5 Å². The van der Waals surface area contributed by atoms with Crippen LogP contribution in [0.1, 0.15) is 33.1 Å². The number of anilines is 1. The third-order valence-electron chi connectivity index (χ3n) is 3.70. The monoisotopic (exact) mass is 273 g/mol. The van der Waals surface area contributed by atoms with Crippen molar-refractivity contribution in [1.29, 1.82) is 0 Å². The van der Waals surface area contributed by atoms with E-state index in [0.717, 1.165) is 12.5 Å². The summed E-state index contributed by atoms with van der Waals surface area (Å²) in [6, 6.07) is 1.48. The molecule has 19 heavy (non-hydrogen) atoms. The normalized spacial score (nSPS) is 27.3. The number of hydrogen-bond acceptors (Lipinski definition) is 2. The number of nitrogens with one attached hydrogen (secondary N) is 1. The van der Waals surface area contributed by atoms with E-state index >= 15 is 0 Å². The van der Waals surface area contributed by atoms with E-state index in [4.69, 9.17) is 4.74 Å². The van der Waals surface area contributed by atoms with Crippen molar-refractivity contribution >= 4 is 5.69 Å². The van der Waals surface area contributed by atoms with Gasteiger partial charge in [0.1, 0.15) is 5.82 Å². The van der Waals surface area contributed by atoms with Crippen molar-refractivity contribution in [1.82, 2.24) is 0 Å². The summed E-state index contributed by atoms with van der Waals surface area (Å²) in [4.78, 5) is 0. The van der Waals surface area contributed by atoms with Gasteiger partial charge in [-0.1, -0.05) is 6.92 Å². The molecule has 0 saturated carbocycles. The molecular weight excluding hydrogens is 255 g/mol. The lowest BCUT2D eigenvalue weighted by Gasteiger charge is -2.38. The van der Waals surface area contributed by atoms with Gasteiger partial charge in [-0.3, -0.25) is 0 Å². The summed E-state index contributed by atoms with van der Waals surface area (Å²) in [5, 5.41) is 2.89. The summed E-state index contributed by atoms with van der Waals surface area (Å²) in [6.45, 7) is 4.57. The first-order valence-corrected chi connectivity index (χ1v) is 6.48. The van der Waals surface area contributed by atoms with Gasteiger partial charge < -0.3 is 10.1 Å². The molecule has 1 saturated heterocycles. The molecule has 2 unspecified atom stereocenters. The third kappa shape index (κ3) is 3.21. The number of ether oxygens (including phenoxy) is 1. The predicted octanol–water partition coefficient (Wildman–Crippen LogP) is 3.86. The quantitative estimate of drug-likeness (QED) is 0.844. The molecule has 1 heterocycles. The van der Waals surface area contributed by atoms with E-state index in [-0.39, 0.29) is 17.3 Å². The van der Waals surface area contributed by atoms with E-state index in [1.165, 1.54) is 0 Å². The first-order valence-electron chi connectivity index (χ1n) is 6.48. The molecule has 0 radical (unpaired) electrons. The van der Waals surface area contributed by atoms with Crippen molar-refractivity contribution in [2.24, 2.45) is 0 Å². The van der Waals surface area contributed by atoms with Crippen molar-refractivity contribution in [3.8, 4) is 0 Å². The fourth-order valence-electron chi connectivity index (χ4n) is 2.38. The minimum absolute atomic E-state index is 0.0469. The number of hydrogen-bond donors (Lipinski definition) is 1. The van der Waals surface area contributed by atoms with Crippen molar-refractivity contribution in [3.63, 3.8) is 0 Å². The minimum Gasteiger partial charge on any atom is -0.380 e. The van der Waals surface area contributed by atoms with E-state index in [9.17, 15) is 13.2 Å². The highest BCUT2D eigenvalue weighted by Crippen LogP contribution is 2.30. The molecular formula is C14H18F3NO. The van der Waals surface area contributed by atoms with Crippen LogP contribution in [0.15, 0.2) is 12.1 Å². The van der Waals surface area contributed by atoms with E-state index < -0.39 is 17.5 Å². The van der Waals surface area contributed by atoms with Crippen molar-refractivity contribution < 1.29 is 17.9 Å². The van der Waals surface area contributed by atoms with Crippen LogP contribution >= 0.6 is 0 Å². The summed E-state index contributed by atoms with van der Waals surface area (Å²) < 4.78 is 45.5. The zero-order valence-electron chi connectivity index (χ0n) is 11.1. The molecule has 0 bridgehead atoms. The maximum atomic E-state index is 13.6. The molecule has 1 aromatic rings. The fourth-order valence-corrected chi connectivity index (χ4v) is 2.38. The predicted molar refractivity (Wildman–Crippen MR) is 67.6 cm³/mol. The Bertz CT molecular complexity index is 466. The Morgan fingerprint density at radius 2 is 2.11 bits per heavy atom. The summed E-state index contributed by atoms with van der Waals surface area (Å²) in [5.41, 5.74) is -0.388. The van der Waals surface area contributed by atoms with Gasteiger partial charge in [0.2, 0.25) is 0 Å². The van der Waals surface area contributed by atoms with Gasteiger partial charge >= 0.3 is 0 Å². The third-order valence-corrected chi connectivity index (χ3v) is 3.70. The summed E-state index contributed by atoms with van der Waals surface area (Å²) in [5.74, 6) is -2.99. The van der Waals surface area contributed by atoms with Crippen LogP contribution < -0.4 is 5.32 Å². The van der Waals surface area contributed by atoms with Crippen LogP contribution in [0.2, 0.25) is 0 Å². The van der Waals surface area contributed by atoms with Gasteiger partial charge in [-0.05, 0) is 26.2 Å². The maximum Gasteiger partial charge on any atom is 0.182 e. The van der Waals surface area contributed by atoms with Crippen molar-refractivity contribution in [3.05, 3.63) is 29.6 Å². The molecule has 0 aromatic heterocycles. The Labute approximate surface area is 111 Å². The van der Waals surface area contributed by atoms with Crippen LogP contribution in [-0.4, -0.2) is 18.2 Å². The van der Waals surface area contributed by atoms with E-state index in [1.54, 1.807) is 0 Å². The second kappa shape index (κ2) is 5.41. The average molecular weight is 273 g/mol.